The summed E-state index contributed by atoms with van der Waals surface area (Å²) in [4.78, 5) is 2.53. The van der Waals surface area contributed by atoms with Crippen molar-refractivity contribution in [1.82, 2.24) is 10.2 Å². The van der Waals surface area contributed by atoms with Gasteiger partial charge in [0.15, 0.2) is 0 Å². The van der Waals surface area contributed by atoms with Crippen molar-refractivity contribution < 1.29 is 4.74 Å². The smallest absolute Gasteiger partial charge is 0.124 e. The monoisotopic (exact) mass is 372 g/mol. The standard InChI is InChI=1S/C20H21ClN2OS/c1-24-18-7-6-14(21)12-16(18)20(23-10-8-22-9-11-23)17-13-25-19-5-3-2-4-15(17)19/h2-7,12-13,20,22H,8-11H2,1H3. The summed E-state index contributed by atoms with van der Waals surface area (Å²) >= 11 is 8.16. The first-order valence-corrected chi connectivity index (χ1v) is 9.78. The number of hydrogen-bond acceptors (Lipinski definition) is 4. The molecule has 1 unspecified atom stereocenters. The zero-order valence-electron chi connectivity index (χ0n) is 14.2. The third-order valence-corrected chi connectivity index (χ3v) is 6.03. The number of fused-ring (bicyclic) bond motifs is 1. The van der Waals surface area contributed by atoms with Crippen molar-refractivity contribution in [2.24, 2.45) is 0 Å². The van der Waals surface area contributed by atoms with Gasteiger partial charge in [0.25, 0.3) is 0 Å². The van der Waals surface area contributed by atoms with Crippen LogP contribution in [0.25, 0.3) is 10.1 Å². The minimum Gasteiger partial charge on any atom is -0.496 e. The van der Waals surface area contributed by atoms with Gasteiger partial charge in [0, 0.05) is 41.5 Å². The highest BCUT2D eigenvalue weighted by Crippen LogP contribution is 2.41. The van der Waals surface area contributed by atoms with Crippen LogP contribution < -0.4 is 10.1 Å². The molecule has 1 atom stereocenters. The highest BCUT2D eigenvalue weighted by Gasteiger charge is 2.28. The van der Waals surface area contributed by atoms with E-state index in [0.29, 0.717) is 0 Å². The normalized spacial score (nSPS) is 16.9. The van der Waals surface area contributed by atoms with E-state index in [4.69, 9.17) is 16.3 Å². The molecule has 5 heteroatoms. The summed E-state index contributed by atoms with van der Waals surface area (Å²) < 4.78 is 7.00. The lowest BCUT2D eigenvalue weighted by Crippen LogP contribution is -2.45. The zero-order chi connectivity index (χ0) is 17.2. The molecule has 0 bridgehead atoms. The molecule has 0 amide bonds. The summed E-state index contributed by atoms with van der Waals surface area (Å²) in [5.41, 5.74) is 2.48. The van der Waals surface area contributed by atoms with Crippen molar-refractivity contribution in [3.8, 4) is 5.75 Å². The van der Waals surface area contributed by atoms with Gasteiger partial charge in [-0.2, -0.15) is 0 Å². The number of piperazine rings is 1. The van der Waals surface area contributed by atoms with Gasteiger partial charge < -0.3 is 10.1 Å². The van der Waals surface area contributed by atoms with Crippen molar-refractivity contribution in [2.75, 3.05) is 33.3 Å². The van der Waals surface area contributed by atoms with Crippen LogP contribution in [-0.4, -0.2) is 38.2 Å². The number of benzene rings is 2. The van der Waals surface area contributed by atoms with Crippen LogP contribution in [0.2, 0.25) is 5.02 Å². The lowest BCUT2D eigenvalue weighted by molar-refractivity contribution is 0.196. The first kappa shape index (κ1) is 16.9. The Bertz CT molecular complexity index is 873. The molecular weight excluding hydrogens is 352 g/mol. The number of ether oxygens (including phenoxy) is 1. The lowest BCUT2D eigenvalue weighted by Gasteiger charge is -2.36. The zero-order valence-corrected chi connectivity index (χ0v) is 15.7. The van der Waals surface area contributed by atoms with E-state index in [1.165, 1.54) is 15.6 Å². The molecule has 25 heavy (non-hydrogen) atoms. The second-order valence-electron chi connectivity index (χ2n) is 6.26. The highest BCUT2D eigenvalue weighted by molar-refractivity contribution is 7.17. The number of hydrogen-bond donors (Lipinski definition) is 1. The molecule has 4 rings (SSSR count). The van der Waals surface area contributed by atoms with Gasteiger partial charge in [-0.25, -0.2) is 0 Å². The Morgan fingerprint density at radius 1 is 1.12 bits per heavy atom. The van der Waals surface area contributed by atoms with Gasteiger partial charge in [0.1, 0.15) is 5.75 Å². The number of nitrogens with zero attached hydrogens (tertiary/aromatic N) is 1. The maximum absolute atomic E-state index is 6.35. The summed E-state index contributed by atoms with van der Waals surface area (Å²) in [7, 11) is 1.73. The lowest BCUT2D eigenvalue weighted by atomic mass is 9.95. The number of thiophene rings is 1. The highest BCUT2D eigenvalue weighted by atomic mass is 35.5. The molecule has 0 spiro atoms. The molecule has 2 heterocycles. The van der Waals surface area contributed by atoms with Gasteiger partial charge >= 0.3 is 0 Å². The fraction of sp³-hybridized carbons (Fsp3) is 0.300. The molecule has 1 saturated heterocycles. The van der Waals surface area contributed by atoms with Gasteiger partial charge in [-0.15, -0.1) is 11.3 Å². The Labute approximate surface area is 157 Å². The Morgan fingerprint density at radius 2 is 1.92 bits per heavy atom. The van der Waals surface area contributed by atoms with Crippen molar-refractivity contribution in [2.45, 2.75) is 6.04 Å². The molecule has 0 radical (unpaired) electrons. The van der Waals surface area contributed by atoms with E-state index in [0.717, 1.165) is 42.5 Å². The van der Waals surface area contributed by atoms with Crippen molar-refractivity contribution in [3.63, 3.8) is 0 Å². The molecule has 1 aliphatic rings. The number of rotatable bonds is 4. The van der Waals surface area contributed by atoms with Gasteiger partial charge in [-0.1, -0.05) is 29.8 Å². The number of nitrogens with one attached hydrogen (secondary N) is 1. The predicted molar refractivity (Wildman–Crippen MR) is 106 cm³/mol. The van der Waals surface area contributed by atoms with E-state index in [9.17, 15) is 0 Å². The molecule has 130 valence electrons. The topological polar surface area (TPSA) is 24.5 Å². The second kappa shape index (κ2) is 7.34. The first-order chi connectivity index (χ1) is 12.3. The SMILES string of the molecule is COc1ccc(Cl)cc1C(c1csc2ccccc12)N1CCNCC1. The molecule has 0 saturated carbocycles. The van der Waals surface area contributed by atoms with Crippen LogP contribution in [0.3, 0.4) is 0 Å². The summed E-state index contributed by atoms with van der Waals surface area (Å²) in [5.74, 6) is 0.892. The van der Waals surface area contributed by atoms with Crippen LogP contribution in [0.4, 0.5) is 0 Å². The molecule has 1 fully saturated rings. The summed E-state index contributed by atoms with van der Waals surface area (Å²) in [6.45, 7) is 4.01. The van der Waals surface area contributed by atoms with E-state index >= 15 is 0 Å². The van der Waals surface area contributed by atoms with Crippen LogP contribution in [0.1, 0.15) is 17.2 Å². The van der Waals surface area contributed by atoms with Gasteiger partial charge in [-0.05, 0) is 40.6 Å². The van der Waals surface area contributed by atoms with E-state index in [1.54, 1.807) is 18.4 Å². The van der Waals surface area contributed by atoms with Crippen molar-refractivity contribution in [1.29, 1.82) is 0 Å². The average molecular weight is 373 g/mol. The Kier molecular flexibility index (Phi) is 4.95. The minimum absolute atomic E-state index is 0.145. The quantitative estimate of drug-likeness (QED) is 0.726. The molecule has 3 nitrogen and oxygen atoms in total. The largest absolute Gasteiger partial charge is 0.496 e. The summed E-state index contributed by atoms with van der Waals surface area (Å²) in [5, 5.41) is 7.80. The third-order valence-electron chi connectivity index (χ3n) is 4.81. The van der Waals surface area contributed by atoms with Crippen LogP contribution in [0, 0.1) is 0 Å². The molecular formula is C20H21ClN2OS. The van der Waals surface area contributed by atoms with Crippen LogP contribution in [0.15, 0.2) is 47.8 Å². The molecule has 0 aliphatic carbocycles. The molecule has 3 aromatic rings. The average Bonchev–Trinajstić information content (AvgIpc) is 3.07. The van der Waals surface area contributed by atoms with Crippen LogP contribution in [0.5, 0.6) is 5.75 Å². The first-order valence-electron chi connectivity index (χ1n) is 8.52. The predicted octanol–water partition coefficient (Wildman–Crippen LogP) is 4.56. The van der Waals surface area contributed by atoms with Crippen LogP contribution in [-0.2, 0) is 0 Å². The minimum atomic E-state index is 0.145. The Hall–Kier alpha value is -1.59. The van der Waals surface area contributed by atoms with Crippen molar-refractivity contribution in [3.05, 3.63) is 64.0 Å². The van der Waals surface area contributed by atoms with E-state index in [1.807, 2.05) is 12.1 Å². The maximum atomic E-state index is 6.35. The van der Waals surface area contributed by atoms with Crippen LogP contribution >= 0.6 is 22.9 Å². The summed E-state index contributed by atoms with van der Waals surface area (Å²) in [6, 6.07) is 14.7. The van der Waals surface area contributed by atoms with Gasteiger partial charge in [0.05, 0.1) is 13.2 Å². The molecule has 1 aliphatic heterocycles. The second-order valence-corrected chi connectivity index (χ2v) is 7.61. The fourth-order valence-electron chi connectivity index (χ4n) is 3.63. The molecule has 2 aromatic carbocycles. The Morgan fingerprint density at radius 3 is 2.72 bits per heavy atom. The maximum Gasteiger partial charge on any atom is 0.124 e. The van der Waals surface area contributed by atoms with Gasteiger partial charge in [0.2, 0.25) is 0 Å². The third kappa shape index (κ3) is 3.27. The fourth-order valence-corrected chi connectivity index (χ4v) is 4.79. The number of methoxy groups -OCH3 is 1. The van der Waals surface area contributed by atoms with E-state index < -0.39 is 0 Å². The molecule has 1 N–H and O–H groups in total. The van der Waals surface area contributed by atoms with Gasteiger partial charge in [-0.3, -0.25) is 4.90 Å². The summed E-state index contributed by atoms with van der Waals surface area (Å²) in [6.07, 6.45) is 0. The molecule has 1 aromatic heterocycles. The number of halogens is 1. The van der Waals surface area contributed by atoms with Crippen molar-refractivity contribution >= 4 is 33.0 Å². The Balaban J connectivity index is 1.89. The van der Waals surface area contributed by atoms with E-state index in [-0.39, 0.29) is 6.04 Å². The van der Waals surface area contributed by atoms with E-state index in [2.05, 4.69) is 45.9 Å².